The largest absolute Gasteiger partial charge is 0.382 e. The van der Waals surface area contributed by atoms with E-state index in [4.69, 9.17) is 4.18 Å². The number of aryl methyl sites for hydroxylation is 4. The molecule has 0 amide bonds. The molecule has 0 atom stereocenters. The third kappa shape index (κ3) is 3.55. The van der Waals surface area contributed by atoms with Gasteiger partial charge in [0, 0.05) is 18.5 Å². The van der Waals surface area contributed by atoms with Gasteiger partial charge in [0.1, 0.15) is 5.75 Å². The van der Waals surface area contributed by atoms with Gasteiger partial charge in [-0.1, -0.05) is 24.3 Å². The summed E-state index contributed by atoms with van der Waals surface area (Å²) in [7, 11) is -3.58. The van der Waals surface area contributed by atoms with Crippen LogP contribution in [0.3, 0.4) is 0 Å². The highest BCUT2D eigenvalue weighted by molar-refractivity contribution is 14.1. The Morgan fingerprint density at radius 1 is 0.966 bits per heavy atom. The molecule has 6 heteroatoms. The zero-order chi connectivity index (χ0) is 21.1. The fourth-order valence-electron chi connectivity index (χ4n) is 3.91. The van der Waals surface area contributed by atoms with Crippen LogP contribution < -0.4 is 4.18 Å². The first-order chi connectivity index (χ1) is 13.6. The third-order valence-corrected chi connectivity index (χ3v) is 8.43. The van der Waals surface area contributed by atoms with Crippen LogP contribution in [0.5, 0.6) is 5.75 Å². The van der Waals surface area contributed by atoms with Gasteiger partial charge in [0.2, 0.25) is 0 Å². The van der Waals surface area contributed by atoms with Crippen LogP contribution in [0.1, 0.15) is 21.6 Å². The summed E-state index contributed by atoms with van der Waals surface area (Å²) in [5, 5.41) is 3.73. The van der Waals surface area contributed by atoms with E-state index in [-0.39, 0.29) is 0 Å². The molecule has 150 valence electrons. The van der Waals surface area contributed by atoms with E-state index < -0.39 is 10.1 Å². The van der Waals surface area contributed by atoms with Gasteiger partial charge >= 0.3 is 10.1 Å². The van der Waals surface area contributed by atoms with E-state index in [1.807, 2.05) is 37.3 Å². The number of halogens is 1. The van der Waals surface area contributed by atoms with Gasteiger partial charge in [0.25, 0.3) is 0 Å². The summed E-state index contributed by atoms with van der Waals surface area (Å²) in [6.45, 7) is 8.15. The maximum atomic E-state index is 11.7. The Kier molecular flexibility index (Phi) is 5.16. The maximum absolute atomic E-state index is 11.7. The van der Waals surface area contributed by atoms with Gasteiger partial charge in [0.15, 0.2) is 0 Å². The molecule has 3 nitrogen and oxygen atoms in total. The smallest absolute Gasteiger partial charge is 0.306 e. The quantitative estimate of drug-likeness (QED) is 0.211. The number of hydrogen-bond acceptors (Lipinski definition) is 4. The van der Waals surface area contributed by atoms with E-state index in [9.17, 15) is 8.42 Å². The Labute approximate surface area is 189 Å². The van der Waals surface area contributed by atoms with E-state index >= 15 is 0 Å². The van der Waals surface area contributed by atoms with Gasteiger partial charge in [-0.3, -0.25) is 0 Å². The van der Waals surface area contributed by atoms with E-state index in [1.54, 1.807) is 0 Å². The van der Waals surface area contributed by atoms with Crippen LogP contribution >= 0.6 is 33.9 Å². The number of rotatable bonds is 3. The first-order valence-electron chi connectivity index (χ1n) is 9.19. The molecule has 29 heavy (non-hydrogen) atoms. The van der Waals surface area contributed by atoms with Gasteiger partial charge in [-0.2, -0.15) is 8.42 Å². The Bertz CT molecular complexity index is 1380. The van der Waals surface area contributed by atoms with Crippen molar-refractivity contribution < 1.29 is 12.6 Å². The summed E-state index contributed by atoms with van der Waals surface area (Å²) in [6, 6.07) is 12.6. The highest BCUT2D eigenvalue weighted by atomic mass is 127. The lowest BCUT2D eigenvalue weighted by molar-refractivity contribution is 0.489. The Morgan fingerprint density at radius 2 is 1.55 bits per heavy atom. The van der Waals surface area contributed by atoms with Gasteiger partial charge in [-0.05, 0) is 101 Å². The number of hydrogen-bond donors (Lipinski definition) is 0. The minimum Gasteiger partial charge on any atom is -0.382 e. The summed E-state index contributed by atoms with van der Waals surface area (Å²) in [6.07, 6.45) is 1.08. The van der Waals surface area contributed by atoms with Gasteiger partial charge in [-0.15, -0.1) is 11.3 Å². The molecule has 1 heterocycles. The number of benzene rings is 3. The molecule has 0 aliphatic carbocycles. The minimum absolute atomic E-state index is 0.417. The van der Waals surface area contributed by atoms with Gasteiger partial charge in [0.05, 0.1) is 6.26 Å². The van der Waals surface area contributed by atoms with E-state index in [2.05, 4.69) is 60.7 Å². The van der Waals surface area contributed by atoms with Crippen molar-refractivity contribution in [2.24, 2.45) is 0 Å². The van der Waals surface area contributed by atoms with Crippen LogP contribution in [-0.4, -0.2) is 14.7 Å². The molecule has 0 saturated carbocycles. The van der Waals surface area contributed by atoms with Crippen molar-refractivity contribution in [3.05, 3.63) is 61.5 Å². The molecule has 0 aliphatic rings. The second-order valence-corrected chi connectivity index (χ2v) is 11.3. The van der Waals surface area contributed by atoms with Crippen LogP contribution in [0.2, 0.25) is 0 Å². The maximum Gasteiger partial charge on any atom is 0.306 e. The number of fused-ring (bicyclic) bond motifs is 2. The van der Waals surface area contributed by atoms with E-state index in [0.717, 1.165) is 22.9 Å². The molecular weight excluding hydrogens is 515 g/mol. The molecule has 0 N–H and O–H groups in total. The highest BCUT2D eigenvalue weighted by Gasteiger charge is 2.20. The Balaban J connectivity index is 2.12. The van der Waals surface area contributed by atoms with Gasteiger partial charge in [-0.25, -0.2) is 0 Å². The molecule has 0 radical (unpaired) electrons. The lowest BCUT2D eigenvalue weighted by Gasteiger charge is -2.16. The lowest BCUT2D eigenvalue weighted by atomic mass is 9.91. The van der Waals surface area contributed by atoms with Crippen LogP contribution in [0.4, 0.5) is 0 Å². The predicted octanol–water partition coefficient (Wildman–Crippen LogP) is 6.90. The van der Waals surface area contributed by atoms with Crippen LogP contribution in [-0.2, 0) is 10.1 Å². The molecule has 0 spiro atoms. The third-order valence-electron chi connectivity index (χ3n) is 5.25. The highest BCUT2D eigenvalue weighted by Crippen LogP contribution is 2.46. The Morgan fingerprint density at radius 3 is 2.14 bits per heavy atom. The Hall–Kier alpha value is -1.64. The molecular formula is C23H21IO3S2. The zero-order valence-corrected chi connectivity index (χ0v) is 20.7. The molecule has 0 saturated heterocycles. The summed E-state index contributed by atoms with van der Waals surface area (Å²) in [4.78, 5) is 1.32. The zero-order valence-electron chi connectivity index (χ0n) is 16.9. The monoisotopic (exact) mass is 536 g/mol. The van der Waals surface area contributed by atoms with Gasteiger partial charge < -0.3 is 4.18 Å². The summed E-state index contributed by atoms with van der Waals surface area (Å²) >= 11 is 4.30. The SMILES string of the molecule is Cc1cc(-c2c3ccccc3c(I)c3sc(C)c(C)c23)cc(C)c1OS(C)(=O)=O. The first-order valence-corrected chi connectivity index (χ1v) is 12.9. The van der Waals surface area contributed by atoms with Crippen LogP contribution in [0.15, 0.2) is 36.4 Å². The molecule has 1 aromatic heterocycles. The standard InChI is InChI=1S/C23H21IO3S2/c1-12-10-16(11-13(2)22(12)27-29(5,25)26)20-17-8-6-7-9-18(17)21(24)23-19(20)14(3)15(4)28-23/h6-11H,1-5H3. The average Bonchev–Trinajstić information content (AvgIpc) is 2.93. The summed E-state index contributed by atoms with van der Waals surface area (Å²) in [5.41, 5.74) is 5.21. The van der Waals surface area contributed by atoms with Crippen molar-refractivity contribution in [3.8, 4) is 16.9 Å². The molecule has 0 aliphatic heterocycles. The second-order valence-electron chi connectivity index (χ2n) is 7.45. The molecule has 4 aromatic rings. The van der Waals surface area contributed by atoms with Crippen molar-refractivity contribution in [1.29, 1.82) is 0 Å². The van der Waals surface area contributed by atoms with E-state index in [0.29, 0.717) is 5.75 Å². The molecule has 0 unspecified atom stereocenters. The van der Waals surface area contributed by atoms with Crippen LogP contribution in [0.25, 0.3) is 32.0 Å². The van der Waals surface area contributed by atoms with E-state index in [1.165, 1.54) is 40.4 Å². The molecule has 0 bridgehead atoms. The average molecular weight is 536 g/mol. The summed E-state index contributed by atoms with van der Waals surface area (Å²) in [5.74, 6) is 0.417. The second kappa shape index (κ2) is 7.25. The van der Waals surface area contributed by atoms with Crippen molar-refractivity contribution in [2.75, 3.05) is 6.26 Å². The predicted molar refractivity (Wildman–Crippen MR) is 132 cm³/mol. The van der Waals surface area contributed by atoms with Crippen molar-refractivity contribution in [1.82, 2.24) is 0 Å². The first kappa shape index (κ1) is 20.6. The van der Waals surface area contributed by atoms with Crippen molar-refractivity contribution >= 4 is 64.9 Å². The minimum atomic E-state index is -3.58. The van der Waals surface area contributed by atoms with Crippen molar-refractivity contribution in [3.63, 3.8) is 0 Å². The fraction of sp³-hybridized carbons (Fsp3) is 0.217. The topological polar surface area (TPSA) is 43.4 Å². The molecule has 0 fully saturated rings. The normalized spacial score (nSPS) is 12.1. The summed E-state index contributed by atoms with van der Waals surface area (Å²) < 4.78 is 31.2. The number of thiophene rings is 1. The van der Waals surface area contributed by atoms with Crippen molar-refractivity contribution in [2.45, 2.75) is 27.7 Å². The van der Waals surface area contributed by atoms with Crippen LogP contribution in [0, 0.1) is 31.3 Å². The lowest BCUT2D eigenvalue weighted by Crippen LogP contribution is -2.08. The molecule has 4 rings (SSSR count). The molecule has 3 aromatic carbocycles. The fourth-order valence-corrected chi connectivity index (χ4v) is 6.66.